The summed E-state index contributed by atoms with van der Waals surface area (Å²) in [4.78, 5) is 24.2. The first-order valence-corrected chi connectivity index (χ1v) is 9.47. The zero-order chi connectivity index (χ0) is 20.1. The van der Waals surface area contributed by atoms with Crippen molar-refractivity contribution in [3.05, 3.63) is 53.1 Å². The first-order valence-electron chi connectivity index (χ1n) is 9.09. The highest BCUT2D eigenvalue weighted by atomic mass is 35.5. The van der Waals surface area contributed by atoms with Crippen LogP contribution in [0.1, 0.15) is 31.2 Å². The number of esters is 1. The Morgan fingerprint density at radius 3 is 2.50 bits per heavy atom. The van der Waals surface area contributed by atoms with Gasteiger partial charge in [-0.05, 0) is 62.9 Å². The van der Waals surface area contributed by atoms with E-state index in [4.69, 9.17) is 21.1 Å². The van der Waals surface area contributed by atoms with Crippen LogP contribution in [0.25, 0.3) is 0 Å². The number of hydrogen-bond donors (Lipinski definition) is 2. The molecule has 0 saturated heterocycles. The molecule has 3 rings (SSSR count). The fraction of sp³-hybridized carbons (Fsp3) is 0.333. The zero-order valence-electron chi connectivity index (χ0n) is 15.5. The molecule has 2 N–H and O–H groups in total. The number of halogens is 1. The smallest absolute Gasteiger partial charge is 0.338 e. The number of anilines is 1. The fourth-order valence-corrected chi connectivity index (χ4v) is 3.21. The number of aliphatic hydroxyl groups is 1. The average molecular weight is 404 g/mol. The zero-order valence-corrected chi connectivity index (χ0v) is 16.3. The normalized spacial score (nSPS) is 15.1. The second-order valence-corrected chi connectivity index (χ2v) is 7.36. The predicted octanol–water partition coefficient (Wildman–Crippen LogP) is 4.23. The summed E-state index contributed by atoms with van der Waals surface area (Å²) in [6.07, 6.45) is 2.24. The summed E-state index contributed by atoms with van der Waals surface area (Å²) in [6.45, 7) is 1.47. The number of benzene rings is 2. The molecule has 0 aliphatic heterocycles. The lowest BCUT2D eigenvalue weighted by Crippen LogP contribution is -2.38. The number of carbonyl (C=O) groups excluding carboxylic acids is 2. The first-order chi connectivity index (χ1) is 13.4. The molecule has 7 heteroatoms. The molecule has 1 aliphatic carbocycles. The van der Waals surface area contributed by atoms with Crippen molar-refractivity contribution in [1.82, 2.24) is 0 Å². The Morgan fingerprint density at radius 1 is 1.14 bits per heavy atom. The van der Waals surface area contributed by atoms with Gasteiger partial charge in [-0.25, -0.2) is 4.79 Å². The number of hydrogen-bond acceptors (Lipinski definition) is 5. The standard InChI is InChI=1S/C21H22ClNO5/c1-14-4-7-16(8-5-14)28-18-9-6-15(22)12-17(18)23-19(24)13-27-20(25)21(26)10-2-3-11-21/h4-9,12,26H,2-3,10-11,13H2,1H3,(H,23,24). The SMILES string of the molecule is Cc1ccc(Oc2ccc(Cl)cc2NC(=O)COC(=O)C2(O)CCCC2)cc1. The molecule has 1 fully saturated rings. The monoisotopic (exact) mass is 403 g/mol. The molecule has 28 heavy (non-hydrogen) atoms. The van der Waals surface area contributed by atoms with E-state index in [9.17, 15) is 14.7 Å². The molecule has 148 valence electrons. The van der Waals surface area contributed by atoms with Crippen molar-refractivity contribution in [2.75, 3.05) is 11.9 Å². The second-order valence-electron chi connectivity index (χ2n) is 6.92. The molecule has 0 aromatic heterocycles. The lowest BCUT2D eigenvalue weighted by Gasteiger charge is -2.19. The molecule has 2 aromatic rings. The summed E-state index contributed by atoms with van der Waals surface area (Å²) in [5, 5.41) is 13.2. The van der Waals surface area contributed by atoms with Gasteiger partial charge in [0.1, 0.15) is 5.75 Å². The molecule has 0 radical (unpaired) electrons. The van der Waals surface area contributed by atoms with E-state index in [1.165, 1.54) is 0 Å². The quantitative estimate of drug-likeness (QED) is 0.705. The molecular weight excluding hydrogens is 382 g/mol. The summed E-state index contributed by atoms with van der Waals surface area (Å²) in [6, 6.07) is 12.3. The highest BCUT2D eigenvalue weighted by Crippen LogP contribution is 2.33. The average Bonchev–Trinajstić information content (AvgIpc) is 3.11. The molecule has 0 unspecified atom stereocenters. The van der Waals surface area contributed by atoms with Crippen LogP contribution in [0.2, 0.25) is 5.02 Å². The summed E-state index contributed by atoms with van der Waals surface area (Å²) in [5.41, 5.74) is -0.0211. The van der Waals surface area contributed by atoms with Crippen molar-refractivity contribution < 1.29 is 24.2 Å². The summed E-state index contributed by atoms with van der Waals surface area (Å²) in [5.74, 6) is -0.297. The van der Waals surface area contributed by atoms with Crippen LogP contribution in [0.5, 0.6) is 11.5 Å². The van der Waals surface area contributed by atoms with Gasteiger partial charge in [-0.15, -0.1) is 0 Å². The molecule has 1 saturated carbocycles. The number of nitrogens with one attached hydrogen (secondary N) is 1. The van der Waals surface area contributed by atoms with Crippen LogP contribution in [0.4, 0.5) is 5.69 Å². The Labute approximate surface area is 168 Å². The minimum Gasteiger partial charge on any atom is -0.455 e. The van der Waals surface area contributed by atoms with E-state index in [1.807, 2.05) is 31.2 Å². The van der Waals surface area contributed by atoms with Crippen molar-refractivity contribution in [2.24, 2.45) is 0 Å². The van der Waals surface area contributed by atoms with Gasteiger partial charge in [0.05, 0.1) is 5.69 Å². The molecule has 1 amide bonds. The van der Waals surface area contributed by atoms with Gasteiger partial charge in [0.15, 0.2) is 18.0 Å². The van der Waals surface area contributed by atoms with E-state index in [2.05, 4.69) is 5.32 Å². The molecule has 6 nitrogen and oxygen atoms in total. The molecule has 1 aliphatic rings. The molecular formula is C21H22ClNO5. The number of ether oxygens (including phenoxy) is 2. The number of rotatable bonds is 6. The second kappa shape index (κ2) is 8.63. The van der Waals surface area contributed by atoms with E-state index in [-0.39, 0.29) is 0 Å². The van der Waals surface area contributed by atoms with Crippen molar-refractivity contribution >= 4 is 29.2 Å². The maximum Gasteiger partial charge on any atom is 0.338 e. The van der Waals surface area contributed by atoms with Crippen molar-refractivity contribution in [3.8, 4) is 11.5 Å². The third-order valence-electron chi connectivity index (χ3n) is 4.61. The number of carbonyl (C=O) groups is 2. The molecule has 0 atom stereocenters. The van der Waals surface area contributed by atoms with Gasteiger partial charge in [0.2, 0.25) is 0 Å². The van der Waals surface area contributed by atoms with Crippen molar-refractivity contribution in [1.29, 1.82) is 0 Å². The topological polar surface area (TPSA) is 84.9 Å². The predicted molar refractivity (Wildman–Crippen MR) is 106 cm³/mol. The van der Waals surface area contributed by atoms with Gasteiger partial charge in [-0.3, -0.25) is 4.79 Å². The van der Waals surface area contributed by atoms with Crippen LogP contribution < -0.4 is 10.1 Å². The van der Waals surface area contributed by atoms with Gasteiger partial charge in [0, 0.05) is 5.02 Å². The highest BCUT2D eigenvalue weighted by molar-refractivity contribution is 6.31. The van der Waals surface area contributed by atoms with Crippen LogP contribution in [0.15, 0.2) is 42.5 Å². The van der Waals surface area contributed by atoms with Crippen LogP contribution in [0, 0.1) is 6.92 Å². The fourth-order valence-electron chi connectivity index (χ4n) is 3.04. The van der Waals surface area contributed by atoms with E-state index in [0.717, 1.165) is 18.4 Å². The van der Waals surface area contributed by atoms with Crippen LogP contribution in [-0.4, -0.2) is 29.2 Å². The number of amides is 1. The molecule has 0 heterocycles. The molecule has 0 spiro atoms. The van der Waals surface area contributed by atoms with Crippen molar-refractivity contribution in [2.45, 2.75) is 38.2 Å². The van der Waals surface area contributed by atoms with E-state index in [1.54, 1.807) is 18.2 Å². The van der Waals surface area contributed by atoms with Crippen LogP contribution in [-0.2, 0) is 14.3 Å². The van der Waals surface area contributed by atoms with E-state index in [0.29, 0.717) is 35.1 Å². The van der Waals surface area contributed by atoms with Crippen LogP contribution in [0.3, 0.4) is 0 Å². The minimum atomic E-state index is -1.48. The Hall–Kier alpha value is -2.57. The Bertz CT molecular complexity index is 860. The van der Waals surface area contributed by atoms with E-state index < -0.39 is 24.1 Å². The Kier molecular flexibility index (Phi) is 6.21. The largest absolute Gasteiger partial charge is 0.455 e. The summed E-state index contributed by atoms with van der Waals surface area (Å²) < 4.78 is 10.8. The Morgan fingerprint density at radius 2 is 1.82 bits per heavy atom. The third-order valence-corrected chi connectivity index (χ3v) is 4.84. The third kappa shape index (κ3) is 5.03. The van der Waals surface area contributed by atoms with Gasteiger partial charge in [-0.1, -0.05) is 29.3 Å². The Balaban J connectivity index is 1.64. The minimum absolute atomic E-state index is 0.355. The van der Waals surface area contributed by atoms with Gasteiger partial charge in [0.25, 0.3) is 5.91 Å². The van der Waals surface area contributed by atoms with Crippen molar-refractivity contribution in [3.63, 3.8) is 0 Å². The highest BCUT2D eigenvalue weighted by Gasteiger charge is 2.40. The maximum absolute atomic E-state index is 12.2. The van der Waals surface area contributed by atoms with Gasteiger partial charge in [-0.2, -0.15) is 0 Å². The lowest BCUT2D eigenvalue weighted by atomic mass is 10.0. The van der Waals surface area contributed by atoms with Crippen LogP contribution >= 0.6 is 11.6 Å². The van der Waals surface area contributed by atoms with Gasteiger partial charge >= 0.3 is 5.97 Å². The summed E-state index contributed by atoms with van der Waals surface area (Å²) >= 11 is 6.03. The first kappa shape index (κ1) is 20.2. The molecule has 2 aromatic carbocycles. The number of aryl methyl sites for hydroxylation is 1. The van der Waals surface area contributed by atoms with E-state index >= 15 is 0 Å². The maximum atomic E-state index is 12.2. The lowest BCUT2D eigenvalue weighted by molar-refractivity contribution is -0.166. The molecule has 0 bridgehead atoms. The summed E-state index contributed by atoms with van der Waals surface area (Å²) in [7, 11) is 0. The van der Waals surface area contributed by atoms with Gasteiger partial charge < -0.3 is 19.9 Å².